The second-order valence-electron chi connectivity index (χ2n) is 8.39. The predicted octanol–water partition coefficient (Wildman–Crippen LogP) is 2.75. The van der Waals surface area contributed by atoms with E-state index in [2.05, 4.69) is 50.1 Å². The molecule has 0 saturated heterocycles. The standard InChI is InChI=1S/C25H34N2O2/c1-6-18-10-20-12-22(13-21(20)11-19(18)7-2)26-14-15(3)16(4)23-8-9-24(29)27-25(23)17(5)28/h8-11,15,22,26,28H,6-7,12-14H2,1-5H3,(H,27,29)/b23-16+,25-17-/t15-/m0/s1. The Balaban J connectivity index is 1.74. The summed E-state index contributed by atoms with van der Waals surface area (Å²) in [6.45, 7) is 11.2. The third-order valence-corrected chi connectivity index (χ3v) is 6.37. The van der Waals surface area contributed by atoms with Crippen molar-refractivity contribution in [3.63, 3.8) is 0 Å². The zero-order chi connectivity index (χ0) is 21.1. The number of aryl methyl sites for hydroxylation is 2. The number of aliphatic hydroxyl groups is 1. The van der Waals surface area contributed by atoms with E-state index in [1.54, 1.807) is 6.92 Å². The van der Waals surface area contributed by atoms with Crippen molar-refractivity contribution in [3.05, 3.63) is 67.4 Å². The van der Waals surface area contributed by atoms with Crippen LogP contribution in [0.25, 0.3) is 11.3 Å². The van der Waals surface area contributed by atoms with Gasteiger partial charge in [-0.1, -0.05) is 38.5 Å². The number of aromatic nitrogens is 1. The van der Waals surface area contributed by atoms with E-state index in [0.717, 1.165) is 43.0 Å². The summed E-state index contributed by atoms with van der Waals surface area (Å²) in [6.07, 6.45) is 4.38. The van der Waals surface area contributed by atoms with Crippen LogP contribution in [0.15, 0.2) is 29.1 Å². The van der Waals surface area contributed by atoms with Crippen molar-refractivity contribution in [1.82, 2.24) is 10.3 Å². The summed E-state index contributed by atoms with van der Waals surface area (Å²) >= 11 is 0. The van der Waals surface area contributed by atoms with Crippen molar-refractivity contribution in [2.75, 3.05) is 6.54 Å². The summed E-state index contributed by atoms with van der Waals surface area (Å²) in [5.41, 5.74) is 6.94. The minimum Gasteiger partial charge on any atom is -0.510 e. The van der Waals surface area contributed by atoms with Gasteiger partial charge in [-0.05, 0) is 73.8 Å². The van der Waals surface area contributed by atoms with Gasteiger partial charge in [-0.2, -0.15) is 0 Å². The van der Waals surface area contributed by atoms with E-state index in [4.69, 9.17) is 0 Å². The molecule has 1 aromatic carbocycles. The second-order valence-corrected chi connectivity index (χ2v) is 8.39. The molecule has 0 fully saturated rings. The van der Waals surface area contributed by atoms with Crippen LogP contribution in [0, 0.1) is 5.92 Å². The van der Waals surface area contributed by atoms with Gasteiger partial charge in [0, 0.05) is 23.9 Å². The molecule has 2 aromatic rings. The summed E-state index contributed by atoms with van der Waals surface area (Å²) in [4.78, 5) is 14.4. The van der Waals surface area contributed by atoms with Crippen LogP contribution in [-0.2, 0) is 25.7 Å². The molecule has 0 amide bonds. The summed E-state index contributed by atoms with van der Waals surface area (Å²) in [5.74, 6) is 0.432. The highest BCUT2D eigenvalue weighted by atomic mass is 16.3. The lowest BCUT2D eigenvalue weighted by Crippen LogP contribution is -2.39. The Bertz CT molecular complexity index is 1030. The number of rotatable bonds is 6. The first-order valence-electron chi connectivity index (χ1n) is 10.8. The molecular weight excluding hydrogens is 360 g/mol. The van der Waals surface area contributed by atoms with Crippen LogP contribution in [-0.4, -0.2) is 22.7 Å². The molecule has 156 valence electrons. The molecule has 0 aliphatic heterocycles. The largest absolute Gasteiger partial charge is 0.510 e. The van der Waals surface area contributed by atoms with E-state index in [0.29, 0.717) is 17.3 Å². The molecule has 1 aliphatic rings. The summed E-state index contributed by atoms with van der Waals surface area (Å²) in [5, 5.41) is 15.2. The van der Waals surface area contributed by atoms with Gasteiger partial charge in [-0.25, -0.2) is 0 Å². The molecule has 4 heteroatoms. The number of nitrogens with one attached hydrogen (secondary N) is 2. The first-order chi connectivity index (χ1) is 13.8. The van der Waals surface area contributed by atoms with Crippen molar-refractivity contribution in [3.8, 4) is 0 Å². The Morgan fingerprint density at radius 2 is 1.72 bits per heavy atom. The van der Waals surface area contributed by atoms with Gasteiger partial charge in [-0.3, -0.25) is 4.79 Å². The van der Waals surface area contributed by atoms with Gasteiger partial charge in [0.05, 0.1) is 5.35 Å². The molecule has 1 atom stereocenters. The van der Waals surface area contributed by atoms with Gasteiger partial charge < -0.3 is 15.4 Å². The molecular formula is C25H34N2O2. The van der Waals surface area contributed by atoms with Crippen LogP contribution >= 0.6 is 0 Å². The molecule has 29 heavy (non-hydrogen) atoms. The number of benzene rings is 1. The Kier molecular flexibility index (Phi) is 6.63. The van der Waals surface area contributed by atoms with E-state index in [1.807, 2.05) is 6.07 Å². The predicted molar refractivity (Wildman–Crippen MR) is 121 cm³/mol. The number of hydrogen-bond acceptors (Lipinski definition) is 3. The normalized spacial score (nSPS) is 17.1. The molecule has 1 aliphatic carbocycles. The lowest BCUT2D eigenvalue weighted by molar-refractivity contribution is 0.493. The lowest BCUT2D eigenvalue weighted by atomic mass is 9.97. The monoisotopic (exact) mass is 394 g/mol. The van der Waals surface area contributed by atoms with Crippen LogP contribution in [0.3, 0.4) is 0 Å². The molecule has 1 heterocycles. The maximum Gasteiger partial charge on any atom is 0.248 e. The summed E-state index contributed by atoms with van der Waals surface area (Å²) in [7, 11) is 0. The highest BCUT2D eigenvalue weighted by Crippen LogP contribution is 2.27. The van der Waals surface area contributed by atoms with Gasteiger partial charge >= 0.3 is 0 Å². The molecule has 3 rings (SSSR count). The Labute approximate surface area is 173 Å². The Hall–Kier alpha value is -2.33. The fourth-order valence-corrected chi connectivity index (χ4v) is 4.43. The van der Waals surface area contributed by atoms with E-state index in [-0.39, 0.29) is 11.3 Å². The first-order valence-corrected chi connectivity index (χ1v) is 10.8. The zero-order valence-corrected chi connectivity index (χ0v) is 18.4. The SMILES string of the molecule is CCc1cc2c(cc1CC)CC(NC[C@H](C)/C(C)=c1\ccc(=O)[nH]\c1=C(\C)O)C2. The molecule has 0 unspecified atom stereocenters. The van der Waals surface area contributed by atoms with Crippen molar-refractivity contribution in [1.29, 1.82) is 0 Å². The second kappa shape index (κ2) is 9.00. The summed E-state index contributed by atoms with van der Waals surface area (Å²) < 4.78 is 0. The summed E-state index contributed by atoms with van der Waals surface area (Å²) in [6, 6.07) is 8.64. The Morgan fingerprint density at radius 1 is 1.14 bits per heavy atom. The van der Waals surface area contributed by atoms with Crippen LogP contribution < -0.4 is 21.4 Å². The average molecular weight is 395 g/mol. The van der Waals surface area contributed by atoms with Crippen LogP contribution in [0.4, 0.5) is 0 Å². The molecule has 0 bridgehead atoms. The van der Waals surface area contributed by atoms with Crippen molar-refractivity contribution >= 4 is 11.3 Å². The number of pyridine rings is 1. The van der Waals surface area contributed by atoms with E-state index in [9.17, 15) is 9.90 Å². The third-order valence-electron chi connectivity index (χ3n) is 6.37. The van der Waals surface area contributed by atoms with E-state index in [1.165, 1.54) is 28.3 Å². The fourth-order valence-electron chi connectivity index (χ4n) is 4.43. The molecule has 0 spiro atoms. The van der Waals surface area contributed by atoms with Gasteiger partial charge in [-0.15, -0.1) is 0 Å². The van der Waals surface area contributed by atoms with E-state index < -0.39 is 0 Å². The Morgan fingerprint density at radius 3 is 2.24 bits per heavy atom. The quantitative estimate of drug-likeness (QED) is 0.706. The zero-order valence-electron chi connectivity index (χ0n) is 18.4. The number of aromatic amines is 1. The average Bonchev–Trinajstić information content (AvgIpc) is 3.11. The van der Waals surface area contributed by atoms with Crippen molar-refractivity contribution < 1.29 is 5.11 Å². The number of H-pyrrole nitrogens is 1. The molecule has 1 aromatic heterocycles. The third kappa shape index (κ3) is 4.64. The van der Waals surface area contributed by atoms with E-state index >= 15 is 0 Å². The smallest absolute Gasteiger partial charge is 0.248 e. The number of hydrogen-bond donors (Lipinski definition) is 3. The fraction of sp³-hybridized carbons (Fsp3) is 0.480. The van der Waals surface area contributed by atoms with Crippen LogP contribution in [0.2, 0.25) is 0 Å². The van der Waals surface area contributed by atoms with Crippen LogP contribution in [0.5, 0.6) is 0 Å². The highest BCUT2D eigenvalue weighted by Gasteiger charge is 2.23. The number of fused-ring (bicyclic) bond motifs is 1. The first kappa shape index (κ1) is 21.4. The molecule has 3 N–H and O–H groups in total. The lowest BCUT2D eigenvalue weighted by Gasteiger charge is -2.18. The van der Waals surface area contributed by atoms with Gasteiger partial charge in [0.15, 0.2) is 0 Å². The molecule has 4 nitrogen and oxygen atoms in total. The number of aliphatic hydroxyl groups excluding tert-OH is 1. The van der Waals surface area contributed by atoms with Gasteiger partial charge in [0.2, 0.25) is 5.56 Å². The topological polar surface area (TPSA) is 65.1 Å². The maximum absolute atomic E-state index is 11.6. The van der Waals surface area contributed by atoms with Crippen LogP contribution in [0.1, 0.15) is 56.9 Å². The minimum absolute atomic E-state index is 0.141. The van der Waals surface area contributed by atoms with Gasteiger partial charge in [0.1, 0.15) is 5.76 Å². The van der Waals surface area contributed by atoms with Crippen molar-refractivity contribution in [2.24, 2.45) is 5.92 Å². The molecule has 0 radical (unpaired) electrons. The highest BCUT2D eigenvalue weighted by molar-refractivity contribution is 5.47. The van der Waals surface area contributed by atoms with Crippen molar-refractivity contribution in [2.45, 2.75) is 66.3 Å². The minimum atomic E-state index is -0.197. The molecule has 0 saturated carbocycles. The maximum atomic E-state index is 11.6. The van der Waals surface area contributed by atoms with Gasteiger partial charge in [0.25, 0.3) is 0 Å².